The van der Waals surface area contributed by atoms with Crippen LogP contribution in [0.4, 0.5) is 5.69 Å². The second kappa shape index (κ2) is 12.2. The molecule has 0 bridgehead atoms. The van der Waals surface area contributed by atoms with Crippen molar-refractivity contribution in [2.75, 3.05) is 12.4 Å². The first kappa shape index (κ1) is 27.3. The van der Waals surface area contributed by atoms with E-state index < -0.39 is 23.5 Å². The highest BCUT2D eigenvalue weighted by atomic mass is 16.5. The van der Waals surface area contributed by atoms with Gasteiger partial charge >= 0.3 is 5.97 Å². The van der Waals surface area contributed by atoms with Crippen molar-refractivity contribution >= 4 is 23.4 Å². The van der Waals surface area contributed by atoms with E-state index in [-0.39, 0.29) is 5.84 Å². The number of hydrogen-bond acceptors (Lipinski definition) is 7. The number of aliphatic carboxylic acids is 1. The van der Waals surface area contributed by atoms with Crippen LogP contribution in [0, 0.1) is 0 Å². The Morgan fingerprint density at radius 2 is 1.72 bits per heavy atom. The zero-order valence-electron chi connectivity index (χ0n) is 21.6. The van der Waals surface area contributed by atoms with Crippen LogP contribution in [0.2, 0.25) is 0 Å². The van der Waals surface area contributed by atoms with Crippen LogP contribution in [-0.2, 0) is 16.2 Å². The molecule has 1 fully saturated rings. The number of carbonyl (C=O) groups excluding carboxylic acids is 1. The number of benzene rings is 3. The van der Waals surface area contributed by atoms with Crippen molar-refractivity contribution in [3.8, 4) is 11.5 Å². The molecule has 10 heteroatoms. The maximum atomic E-state index is 13.6. The third-order valence-corrected chi connectivity index (χ3v) is 6.85. The summed E-state index contributed by atoms with van der Waals surface area (Å²) in [5.74, 6) is -0.641. The number of anilines is 1. The largest absolute Gasteiger partial charge is 0.493 e. The number of ether oxygens (including phenoxy) is 2. The second-order valence-corrected chi connectivity index (χ2v) is 9.41. The number of nitrogens with two attached hydrogens (primary N) is 1. The molecule has 3 aromatic rings. The molecule has 1 atom stereocenters. The zero-order chi connectivity index (χ0) is 27.8. The predicted molar refractivity (Wildman–Crippen MR) is 146 cm³/mol. The van der Waals surface area contributed by atoms with Gasteiger partial charge in [-0.05, 0) is 60.4 Å². The fourth-order valence-electron chi connectivity index (χ4n) is 4.66. The summed E-state index contributed by atoms with van der Waals surface area (Å²) in [4.78, 5) is 25.8. The molecule has 0 aromatic heterocycles. The Kier molecular flexibility index (Phi) is 8.55. The van der Waals surface area contributed by atoms with Crippen LogP contribution in [0.25, 0.3) is 0 Å². The van der Waals surface area contributed by atoms with Gasteiger partial charge in [0.15, 0.2) is 17.3 Å². The number of methoxy groups -OCH3 is 1. The molecule has 1 aliphatic rings. The van der Waals surface area contributed by atoms with Crippen molar-refractivity contribution < 1.29 is 29.4 Å². The summed E-state index contributed by atoms with van der Waals surface area (Å²) >= 11 is 0. The topological polar surface area (TPSA) is 155 Å². The van der Waals surface area contributed by atoms with Crippen molar-refractivity contribution in [3.63, 3.8) is 0 Å². The van der Waals surface area contributed by atoms with Gasteiger partial charge in [0.25, 0.3) is 0 Å². The minimum atomic E-state index is -1.31. The molecule has 1 saturated carbocycles. The third-order valence-electron chi connectivity index (χ3n) is 6.85. The molecule has 0 radical (unpaired) electrons. The van der Waals surface area contributed by atoms with Crippen molar-refractivity contribution in [1.29, 1.82) is 0 Å². The van der Waals surface area contributed by atoms with E-state index in [1.807, 2.05) is 30.3 Å². The standard InChI is InChI=1S/C29H32N4O6/c1-38-24-17-21(11-14-23(24)39-18-19-7-3-2-4-8-19)25(27(34)32-29(28(35)36)15-5-6-16-29)31-22-12-9-20(10-13-22)26(30)33-37/h2-4,7-14,17,25,31,37H,5-6,15-16,18H2,1H3,(H2,30,33)(H,32,34)(H,35,36). The lowest BCUT2D eigenvalue weighted by Crippen LogP contribution is -2.54. The summed E-state index contributed by atoms with van der Waals surface area (Å²) in [5, 5.41) is 27.8. The Bertz CT molecular complexity index is 1320. The Balaban J connectivity index is 1.63. The number of hydrogen-bond donors (Lipinski definition) is 5. The first-order chi connectivity index (χ1) is 18.8. The summed E-state index contributed by atoms with van der Waals surface area (Å²) in [6.45, 7) is 0.340. The van der Waals surface area contributed by atoms with Gasteiger partial charge in [-0.3, -0.25) is 4.79 Å². The first-order valence-electron chi connectivity index (χ1n) is 12.6. The summed E-state index contributed by atoms with van der Waals surface area (Å²) in [7, 11) is 1.51. The highest BCUT2D eigenvalue weighted by molar-refractivity contribution is 5.97. The van der Waals surface area contributed by atoms with Gasteiger partial charge in [0.05, 0.1) is 7.11 Å². The highest BCUT2D eigenvalue weighted by Gasteiger charge is 2.44. The van der Waals surface area contributed by atoms with Crippen LogP contribution in [0.5, 0.6) is 11.5 Å². The third kappa shape index (κ3) is 6.40. The molecular formula is C29H32N4O6. The smallest absolute Gasteiger partial charge is 0.329 e. The number of rotatable bonds is 11. The molecule has 0 heterocycles. The monoisotopic (exact) mass is 532 g/mol. The molecule has 0 spiro atoms. The molecule has 204 valence electrons. The first-order valence-corrected chi connectivity index (χ1v) is 12.6. The normalized spacial score (nSPS) is 15.3. The van der Waals surface area contributed by atoms with Gasteiger partial charge in [0, 0.05) is 11.3 Å². The molecule has 39 heavy (non-hydrogen) atoms. The van der Waals surface area contributed by atoms with Crippen molar-refractivity contribution in [1.82, 2.24) is 5.32 Å². The molecule has 1 unspecified atom stereocenters. The van der Waals surface area contributed by atoms with Gasteiger partial charge in [-0.15, -0.1) is 0 Å². The number of amides is 1. The molecular weight excluding hydrogens is 500 g/mol. The lowest BCUT2D eigenvalue weighted by Gasteiger charge is -2.29. The van der Waals surface area contributed by atoms with Gasteiger partial charge in [-0.2, -0.15) is 0 Å². The number of carboxylic acid groups (broad SMARTS) is 1. The molecule has 6 N–H and O–H groups in total. The Labute approximate surface area is 226 Å². The lowest BCUT2D eigenvalue weighted by atomic mass is 9.96. The second-order valence-electron chi connectivity index (χ2n) is 9.41. The van der Waals surface area contributed by atoms with E-state index in [1.165, 1.54) is 7.11 Å². The maximum absolute atomic E-state index is 13.6. The molecule has 10 nitrogen and oxygen atoms in total. The van der Waals surface area contributed by atoms with Crippen LogP contribution >= 0.6 is 0 Å². The van der Waals surface area contributed by atoms with E-state index in [4.69, 9.17) is 20.4 Å². The van der Waals surface area contributed by atoms with Gasteiger partial charge in [0.2, 0.25) is 5.91 Å². The average molecular weight is 533 g/mol. The Hall–Kier alpha value is -4.73. The molecule has 3 aromatic carbocycles. The van der Waals surface area contributed by atoms with Crippen LogP contribution in [-0.4, -0.2) is 40.7 Å². The molecule has 4 rings (SSSR count). The number of oxime groups is 1. The van der Waals surface area contributed by atoms with E-state index in [0.717, 1.165) is 18.4 Å². The molecule has 1 aliphatic carbocycles. The van der Waals surface area contributed by atoms with E-state index in [2.05, 4.69) is 15.8 Å². The Morgan fingerprint density at radius 3 is 2.33 bits per heavy atom. The van der Waals surface area contributed by atoms with E-state index in [1.54, 1.807) is 42.5 Å². The number of nitrogens with one attached hydrogen (secondary N) is 2. The van der Waals surface area contributed by atoms with E-state index in [9.17, 15) is 14.7 Å². The summed E-state index contributed by atoms with van der Waals surface area (Å²) < 4.78 is 11.5. The number of nitrogens with zero attached hydrogens (tertiary/aromatic N) is 1. The predicted octanol–water partition coefficient (Wildman–Crippen LogP) is 4.04. The van der Waals surface area contributed by atoms with Gasteiger partial charge < -0.3 is 36.2 Å². The number of amidine groups is 1. The fraction of sp³-hybridized carbons (Fsp3) is 0.276. The Morgan fingerprint density at radius 1 is 1.03 bits per heavy atom. The summed E-state index contributed by atoms with van der Waals surface area (Å²) in [5.41, 5.74) is 6.97. The maximum Gasteiger partial charge on any atom is 0.329 e. The van der Waals surface area contributed by atoms with E-state index in [0.29, 0.717) is 47.8 Å². The van der Waals surface area contributed by atoms with Gasteiger partial charge in [-0.1, -0.05) is 54.4 Å². The highest BCUT2D eigenvalue weighted by Crippen LogP contribution is 2.34. The van der Waals surface area contributed by atoms with Crippen molar-refractivity contribution in [3.05, 3.63) is 89.5 Å². The van der Waals surface area contributed by atoms with Crippen LogP contribution < -0.4 is 25.8 Å². The SMILES string of the molecule is COc1cc(C(Nc2ccc(/C(N)=N\O)cc2)C(=O)NC2(C(=O)O)CCCC2)ccc1OCc1ccccc1. The lowest BCUT2D eigenvalue weighted by molar-refractivity contribution is -0.147. The summed E-state index contributed by atoms with van der Waals surface area (Å²) in [6, 6.07) is 20.6. The number of carbonyl (C=O) groups is 2. The molecule has 1 amide bonds. The van der Waals surface area contributed by atoms with E-state index >= 15 is 0 Å². The van der Waals surface area contributed by atoms with Crippen LogP contribution in [0.3, 0.4) is 0 Å². The average Bonchev–Trinajstić information content (AvgIpc) is 3.45. The van der Waals surface area contributed by atoms with Crippen molar-refractivity contribution in [2.24, 2.45) is 10.9 Å². The quantitative estimate of drug-likeness (QED) is 0.107. The van der Waals surface area contributed by atoms with Crippen LogP contribution in [0.1, 0.15) is 48.4 Å². The fourth-order valence-corrected chi connectivity index (χ4v) is 4.66. The minimum Gasteiger partial charge on any atom is -0.493 e. The van der Waals surface area contributed by atoms with Crippen molar-refractivity contribution in [2.45, 2.75) is 43.9 Å². The number of carboxylic acids is 1. The van der Waals surface area contributed by atoms with Gasteiger partial charge in [-0.25, -0.2) is 4.79 Å². The zero-order valence-corrected chi connectivity index (χ0v) is 21.6. The molecule has 0 saturated heterocycles. The minimum absolute atomic E-state index is 0.0451. The van der Waals surface area contributed by atoms with Crippen LogP contribution in [0.15, 0.2) is 78.0 Å². The summed E-state index contributed by atoms with van der Waals surface area (Å²) in [6.07, 6.45) is 2.18. The van der Waals surface area contributed by atoms with Gasteiger partial charge in [0.1, 0.15) is 18.2 Å². The molecule has 0 aliphatic heterocycles.